The maximum absolute atomic E-state index is 13.2. The Labute approximate surface area is 119 Å². The van der Waals surface area contributed by atoms with Crippen molar-refractivity contribution in [3.63, 3.8) is 0 Å². The van der Waals surface area contributed by atoms with Crippen LogP contribution in [0.2, 0.25) is 0 Å². The van der Waals surface area contributed by atoms with Crippen molar-refractivity contribution >= 4 is 11.6 Å². The third-order valence-electron chi connectivity index (χ3n) is 1.91. The Kier molecular flexibility index (Phi) is 7.69. The molecule has 0 spiro atoms. The Morgan fingerprint density at radius 1 is 1.35 bits per heavy atom. The molecule has 0 aromatic heterocycles. The Bertz CT molecular complexity index is 447. The van der Waals surface area contributed by atoms with Crippen molar-refractivity contribution in [1.82, 2.24) is 5.32 Å². The van der Waals surface area contributed by atoms with Crippen LogP contribution in [-0.2, 0) is 4.79 Å². The van der Waals surface area contributed by atoms with Crippen LogP contribution in [0.15, 0.2) is 24.3 Å². The van der Waals surface area contributed by atoms with Crippen molar-refractivity contribution in [1.29, 1.82) is 5.41 Å². The number of carbonyl (C=O) groups is 1. The van der Waals surface area contributed by atoms with Crippen LogP contribution in [-0.4, -0.2) is 28.9 Å². The van der Waals surface area contributed by atoms with E-state index in [-0.39, 0.29) is 11.3 Å². The van der Waals surface area contributed by atoms with Gasteiger partial charge >= 0.3 is 0 Å². The molecule has 1 amide bonds. The third kappa shape index (κ3) is 8.37. The van der Waals surface area contributed by atoms with Crippen LogP contribution in [0.25, 0.3) is 0 Å². The second kappa shape index (κ2) is 8.43. The van der Waals surface area contributed by atoms with Crippen LogP contribution in [0, 0.1) is 11.2 Å². The fourth-order valence-corrected chi connectivity index (χ4v) is 1.11. The monoisotopic (exact) mass is 282 g/mol. The van der Waals surface area contributed by atoms with Gasteiger partial charge in [0.15, 0.2) is 0 Å². The van der Waals surface area contributed by atoms with Crippen molar-refractivity contribution in [3.05, 3.63) is 35.6 Å². The standard InChI is InChI=1S/C11H13FN2O.C4H10O/c1-2-7-14-11(15)10(13)8-5-3-4-6-9(8)12;1-4(2,3)5/h3-6,13H,2,7H2,1H3,(H,14,15);5H,1-3H3. The summed E-state index contributed by atoms with van der Waals surface area (Å²) >= 11 is 0. The number of hydrogen-bond donors (Lipinski definition) is 3. The Morgan fingerprint density at radius 2 is 1.85 bits per heavy atom. The molecule has 0 saturated heterocycles. The van der Waals surface area contributed by atoms with Gasteiger partial charge in [0.1, 0.15) is 11.5 Å². The largest absolute Gasteiger partial charge is 0.391 e. The van der Waals surface area contributed by atoms with E-state index in [1.165, 1.54) is 18.2 Å². The lowest BCUT2D eigenvalue weighted by molar-refractivity contribution is -0.114. The van der Waals surface area contributed by atoms with Gasteiger partial charge in [-0.2, -0.15) is 0 Å². The van der Waals surface area contributed by atoms with Gasteiger partial charge in [-0.3, -0.25) is 10.2 Å². The third-order valence-corrected chi connectivity index (χ3v) is 1.91. The second-order valence-electron chi connectivity index (χ2n) is 5.28. The summed E-state index contributed by atoms with van der Waals surface area (Å²) in [5.74, 6) is -1.09. The van der Waals surface area contributed by atoms with Crippen LogP contribution in [0.4, 0.5) is 4.39 Å². The molecule has 0 heterocycles. The molecule has 4 nitrogen and oxygen atoms in total. The smallest absolute Gasteiger partial charge is 0.269 e. The first-order chi connectivity index (χ1) is 9.16. The van der Waals surface area contributed by atoms with E-state index in [9.17, 15) is 9.18 Å². The summed E-state index contributed by atoms with van der Waals surface area (Å²) in [4.78, 5) is 11.4. The van der Waals surface area contributed by atoms with Crippen molar-refractivity contribution < 1.29 is 14.3 Å². The van der Waals surface area contributed by atoms with Crippen LogP contribution in [0.3, 0.4) is 0 Å². The van der Waals surface area contributed by atoms with Crippen LogP contribution in [0.1, 0.15) is 39.7 Å². The predicted molar refractivity (Wildman–Crippen MR) is 78.5 cm³/mol. The highest BCUT2D eigenvalue weighted by molar-refractivity contribution is 6.44. The quantitative estimate of drug-likeness (QED) is 0.742. The van der Waals surface area contributed by atoms with Gasteiger partial charge < -0.3 is 10.4 Å². The van der Waals surface area contributed by atoms with Gasteiger partial charge in [-0.15, -0.1) is 0 Å². The van der Waals surface area contributed by atoms with Crippen molar-refractivity contribution in [2.75, 3.05) is 6.54 Å². The first-order valence-corrected chi connectivity index (χ1v) is 6.50. The van der Waals surface area contributed by atoms with Gasteiger partial charge in [-0.25, -0.2) is 4.39 Å². The van der Waals surface area contributed by atoms with Crippen molar-refractivity contribution in [2.24, 2.45) is 0 Å². The van der Waals surface area contributed by atoms with E-state index in [2.05, 4.69) is 5.32 Å². The lowest BCUT2D eigenvalue weighted by Crippen LogP contribution is -2.32. The van der Waals surface area contributed by atoms with Gasteiger partial charge in [0.25, 0.3) is 5.91 Å². The summed E-state index contributed by atoms with van der Waals surface area (Å²) in [7, 11) is 0. The lowest BCUT2D eigenvalue weighted by Gasteiger charge is -2.05. The van der Waals surface area contributed by atoms with Crippen LogP contribution in [0.5, 0.6) is 0 Å². The van der Waals surface area contributed by atoms with Crippen LogP contribution < -0.4 is 5.32 Å². The molecular formula is C15H23FN2O2. The lowest BCUT2D eigenvalue weighted by atomic mass is 10.1. The Balaban J connectivity index is 0.000000621. The van der Waals surface area contributed by atoms with Gasteiger partial charge in [0.2, 0.25) is 0 Å². The molecule has 1 aromatic rings. The molecule has 0 radical (unpaired) electrons. The van der Waals surface area contributed by atoms with Gasteiger partial charge in [-0.1, -0.05) is 19.1 Å². The molecule has 112 valence electrons. The maximum Gasteiger partial charge on any atom is 0.269 e. The highest BCUT2D eigenvalue weighted by Crippen LogP contribution is 2.06. The number of hydrogen-bond acceptors (Lipinski definition) is 3. The van der Waals surface area contributed by atoms with Gasteiger partial charge in [0, 0.05) is 12.1 Å². The maximum atomic E-state index is 13.2. The zero-order valence-electron chi connectivity index (χ0n) is 12.5. The summed E-state index contributed by atoms with van der Waals surface area (Å²) < 4.78 is 13.2. The summed E-state index contributed by atoms with van der Waals surface area (Å²) in [6, 6.07) is 5.77. The SMILES string of the molecule is CC(C)(C)O.CCCNC(=O)C(=N)c1ccccc1F. The van der Waals surface area contributed by atoms with E-state index >= 15 is 0 Å². The van der Waals surface area contributed by atoms with E-state index < -0.39 is 17.3 Å². The highest BCUT2D eigenvalue weighted by atomic mass is 19.1. The Hall–Kier alpha value is -1.75. The van der Waals surface area contributed by atoms with Gasteiger partial charge in [0.05, 0.1) is 5.60 Å². The highest BCUT2D eigenvalue weighted by Gasteiger charge is 2.14. The zero-order chi connectivity index (χ0) is 15.8. The molecule has 0 bridgehead atoms. The molecule has 5 heteroatoms. The molecule has 0 atom stereocenters. The normalized spacial score (nSPS) is 10.3. The number of carbonyl (C=O) groups excluding carboxylic acids is 1. The van der Waals surface area contributed by atoms with Crippen molar-refractivity contribution in [2.45, 2.75) is 39.7 Å². The molecule has 1 rings (SSSR count). The first kappa shape index (κ1) is 18.2. The summed E-state index contributed by atoms with van der Waals surface area (Å²) in [6.07, 6.45) is 0.788. The minimum Gasteiger partial charge on any atom is -0.391 e. The predicted octanol–water partition coefficient (Wildman–Crippen LogP) is 2.50. The van der Waals surface area contributed by atoms with E-state index in [0.717, 1.165) is 6.42 Å². The summed E-state index contributed by atoms with van der Waals surface area (Å²) in [6.45, 7) is 7.63. The second-order valence-corrected chi connectivity index (χ2v) is 5.28. The average molecular weight is 282 g/mol. The van der Waals surface area contributed by atoms with E-state index in [0.29, 0.717) is 6.54 Å². The first-order valence-electron chi connectivity index (χ1n) is 6.50. The van der Waals surface area contributed by atoms with E-state index in [1.807, 2.05) is 6.92 Å². The molecule has 0 aliphatic rings. The summed E-state index contributed by atoms with van der Waals surface area (Å²) in [5.41, 5.74) is -0.798. The van der Waals surface area contributed by atoms with E-state index in [1.54, 1.807) is 26.8 Å². The Morgan fingerprint density at radius 3 is 2.30 bits per heavy atom. The number of amides is 1. The molecular weight excluding hydrogens is 259 g/mol. The number of halogens is 1. The molecule has 0 fully saturated rings. The van der Waals surface area contributed by atoms with Gasteiger partial charge in [-0.05, 0) is 39.3 Å². The zero-order valence-corrected chi connectivity index (χ0v) is 12.5. The molecule has 1 aromatic carbocycles. The van der Waals surface area contributed by atoms with Crippen molar-refractivity contribution in [3.8, 4) is 0 Å². The molecule has 0 unspecified atom stereocenters. The van der Waals surface area contributed by atoms with Crippen LogP contribution >= 0.6 is 0 Å². The van der Waals surface area contributed by atoms with E-state index in [4.69, 9.17) is 10.5 Å². The topological polar surface area (TPSA) is 73.2 Å². The molecule has 20 heavy (non-hydrogen) atoms. The molecule has 0 saturated carbocycles. The number of aliphatic hydroxyl groups is 1. The number of rotatable bonds is 4. The average Bonchev–Trinajstić information content (AvgIpc) is 2.33. The number of nitrogens with one attached hydrogen (secondary N) is 2. The molecule has 0 aliphatic heterocycles. The molecule has 0 aliphatic carbocycles. The summed E-state index contributed by atoms with van der Waals surface area (Å²) in [5, 5.41) is 18.6. The minimum absolute atomic E-state index is 0.0334. The fourth-order valence-electron chi connectivity index (χ4n) is 1.11. The fraction of sp³-hybridized carbons (Fsp3) is 0.467. The minimum atomic E-state index is -0.547. The molecule has 3 N–H and O–H groups in total. The number of benzene rings is 1.